The minimum Gasteiger partial charge on any atom is -0.351 e. The highest BCUT2D eigenvalue weighted by atomic mass is 79.9. The van der Waals surface area contributed by atoms with Crippen molar-refractivity contribution in [3.05, 3.63) is 100 Å². The molecular formula is C21H16BrN3O. The van der Waals surface area contributed by atoms with Crippen molar-refractivity contribution in [2.45, 2.75) is 6.04 Å². The third-order valence-corrected chi connectivity index (χ3v) is 4.77. The molecule has 2 aromatic carbocycles. The van der Waals surface area contributed by atoms with E-state index in [-0.39, 0.29) is 11.9 Å². The first-order chi connectivity index (χ1) is 12.7. The van der Waals surface area contributed by atoms with Crippen LogP contribution in [0.2, 0.25) is 0 Å². The molecule has 0 fully saturated rings. The predicted octanol–water partition coefficient (Wildman–Crippen LogP) is 4.84. The monoisotopic (exact) mass is 405 g/mol. The van der Waals surface area contributed by atoms with Crippen LogP contribution in [0.3, 0.4) is 0 Å². The van der Waals surface area contributed by atoms with E-state index in [0.717, 1.165) is 26.5 Å². The maximum absolute atomic E-state index is 12.9. The molecule has 128 valence electrons. The molecule has 4 nitrogen and oxygen atoms in total. The van der Waals surface area contributed by atoms with Crippen molar-refractivity contribution < 1.29 is 4.79 Å². The number of benzene rings is 2. The number of H-pyrrole nitrogens is 1. The number of hydrogen-bond acceptors (Lipinski definition) is 2. The van der Waals surface area contributed by atoms with Crippen LogP contribution in [0.4, 0.5) is 0 Å². The second-order valence-electron chi connectivity index (χ2n) is 6.01. The van der Waals surface area contributed by atoms with Gasteiger partial charge in [0.15, 0.2) is 0 Å². The zero-order chi connectivity index (χ0) is 17.9. The number of halogens is 1. The summed E-state index contributed by atoms with van der Waals surface area (Å²) in [4.78, 5) is 20.1. The third kappa shape index (κ3) is 3.39. The molecule has 2 N–H and O–H groups in total. The fourth-order valence-corrected chi connectivity index (χ4v) is 3.37. The molecule has 0 aliphatic rings. The van der Waals surface area contributed by atoms with Gasteiger partial charge in [-0.1, -0.05) is 46.3 Å². The summed E-state index contributed by atoms with van der Waals surface area (Å²) >= 11 is 3.46. The van der Waals surface area contributed by atoms with Gasteiger partial charge in [0.2, 0.25) is 0 Å². The Balaban J connectivity index is 1.67. The molecule has 0 spiro atoms. The van der Waals surface area contributed by atoms with Crippen LogP contribution in [0.5, 0.6) is 0 Å². The van der Waals surface area contributed by atoms with Crippen molar-refractivity contribution in [2.75, 3.05) is 0 Å². The average molecular weight is 406 g/mol. The maximum Gasteiger partial charge on any atom is 0.268 e. The Labute approximate surface area is 159 Å². The van der Waals surface area contributed by atoms with Gasteiger partial charge in [0.05, 0.1) is 6.04 Å². The van der Waals surface area contributed by atoms with Crippen molar-refractivity contribution in [3.63, 3.8) is 0 Å². The van der Waals surface area contributed by atoms with Gasteiger partial charge in [-0.3, -0.25) is 9.78 Å². The van der Waals surface area contributed by atoms with E-state index in [1.165, 1.54) is 0 Å². The van der Waals surface area contributed by atoms with Crippen molar-refractivity contribution in [2.24, 2.45) is 0 Å². The van der Waals surface area contributed by atoms with E-state index < -0.39 is 0 Å². The molecule has 5 heteroatoms. The smallest absolute Gasteiger partial charge is 0.268 e. The Morgan fingerprint density at radius 1 is 0.962 bits per heavy atom. The summed E-state index contributed by atoms with van der Waals surface area (Å²) in [6, 6.07) is 21.3. The third-order valence-electron chi connectivity index (χ3n) is 4.28. The Bertz CT molecular complexity index is 1010. The van der Waals surface area contributed by atoms with E-state index in [1.807, 2.05) is 66.7 Å². The zero-order valence-corrected chi connectivity index (χ0v) is 15.4. The lowest BCUT2D eigenvalue weighted by molar-refractivity contribution is 0.0939. The lowest BCUT2D eigenvalue weighted by Gasteiger charge is -2.19. The highest BCUT2D eigenvalue weighted by Crippen LogP contribution is 2.24. The number of carbonyl (C=O) groups excluding carboxylic acids is 1. The van der Waals surface area contributed by atoms with Gasteiger partial charge < -0.3 is 10.3 Å². The molecule has 0 bridgehead atoms. The van der Waals surface area contributed by atoms with Gasteiger partial charge in [0, 0.05) is 27.8 Å². The highest BCUT2D eigenvalue weighted by molar-refractivity contribution is 9.10. The minimum absolute atomic E-state index is 0.150. The molecule has 1 unspecified atom stereocenters. The van der Waals surface area contributed by atoms with Crippen LogP contribution in [-0.4, -0.2) is 15.9 Å². The molecular weight excluding hydrogens is 390 g/mol. The molecule has 0 aliphatic heterocycles. The van der Waals surface area contributed by atoms with Crippen molar-refractivity contribution in [3.8, 4) is 0 Å². The van der Waals surface area contributed by atoms with Gasteiger partial charge in [-0.15, -0.1) is 0 Å². The zero-order valence-electron chi connectivity index (χ0n) is 13.8. The molecule has 0 radical (unpaired) electrons. The van der Waals surface area contributed by atoms with Crippen LogP contribution < -0.4 is 5.32 Å². The van der Waals surface area contributed by atoms with E-state index in [4.69, 9.17) is 0 Å². The topological polar surface area (TPSA) is 57.8 Å². The number of aromatic amines is 1. The maximum atomic E-state index is 12.9. The second kappa shape index (κ2) is 7.14. The summed E-state index contributed by atoms with van der Waals surface area (Å²) in [5, 5.41) is 4.12. The molecule has 26 heavy (non-hydrogen) atoms. The fraction of sp³-hybridized carbons (Fsp3) is 0.0476. The van der Waals surface area contributed by atoms with Crippen LogP contribution >= 0.6 is 15.9 Å². The number of pyridine rings is 1. The molecule has 0 saturated carbocycles. The average Bonchev–Trinajstić information content (AvgIpc) is 3.10. The minimum atomic E-state index is -0.246. The molecule has 0 saturated heterocycles. The van der Waals surface area contributed by atoms with Crippen LogP contribution in [0.15, 0.2) is 83.6 Å². The molecule has 0 aliphatic carbocycles. The fourth-order valence-electron chi connectivity index (χ4n) is 3.00. The summed E-state index contributed by atoms with van der Waals surface area (Å²) < 4.78 is 0.981. The number of carbonyl (C=O) groups is 1. The first-order valence-electron chi connectivity index (χ1n) is 8.25. The van der Waals surface area contributed by atoms with Crippen molar-refractivity contribution >= 4 is 32.7 Å². The number of amides is 1. The Morgan fingerprint density at radius 3 is 2.46 bits per heavy atom. The van der Waals surface area contributed by atoms with E-state index >= 15 is 0 Å². The first-order valence-corrected chi connectivity index (χ1v) is 9.04. The Hall–Kier alpha value is -2.92. The molecule has 1 atom stereocenters. The molecule has 4 aromatic rings. The quantitative estimate of drug-likeness (QED) is 0.509. The lowest BCUT2D eigenvalue weighted by Crippen LogP contribution is -2.29. The number of hydrogen-bond donors (Lipinski definition) is 2. The highest BCUT2D eigenvalue weighted by Gasteiger charge is 2.19. The van der Waals surface area contributed by atoms with Crippen LogP contribution in [0.25, 0.3) is 10.9 Å². The summed E-state index contributed by atoms with van der Waals surface area (Å²) in [5.41, 5.74) is 3.47. The van der Waals surface area contributed by atoms with Gasteiger partial charge >= 0.3 is 0 Å². The van der Waals surface area contributed by atoms with E-state index in [9.17, 15) is 4.79 Å². The normalized spacial score (nSPS) is 12.0. The summed E-state index contributed by atoms with van der Waals surface area (Å²) in [5.74, 6) is -0.150. The Morgan fingerprint density at radius 2 is 1.69 bits per heavy atom. The molecule has 2 aromatic heterocycles. The van der Waals surface area contributed by atoms with Gasteiger partial charge in [-0.25, -0.2) is 0 Å². The number of fused-ring (bicyclic) bond motifs is 1. The van der Waals surface area contributed by atoms with Crippen LogP contribution in [0.1, 0.15) is 27.7 Å². The van der Waals surface area contributed by atoms with Crippen LogP contribution in [-0.2, 0) is 0 Å². The SMILES string of the molecule is O=C(NC(c1ccccc1)c1ccncc1)c1cc2cc(Br)ccc2[nH]1. The summed E-state index contributed by atoms with van der Waals surface area (Å²) in [6.45, 7) is 0. The van der Waals surface area contributed by atoms with Gasteiger partial charge in [-0.05, 0) is 47.5 Å². The molecule has 1 amide bonds. The number of nitrogens with zero attached hydrogens (tertiary/aromatic N) is 1. The number of nitrogens with one attached hydrogen (secondary N) is 2. The largest absolute Gasteiger partial charge is 0.351 e. The van der Waals surface area contributed by atoms with Crippen molar-refractivity contribution in [1.29, 1.82) is 0 Å². The van der Waals surface area contributed by atoms with Crippen LogP contribution in [0, 0.1) is 0 Å². The van der Waals surface area contributed by atoms with E-state index in [0.29, 0.717) is 5.69 Å². The van der Waals surface area contributed by atoms with Gasteiger partial charge in [-0.2, -0.15) is 0 Å². The molecule has 2 heterocycles. The van der Waals surface area contributed by atoms with Gasteiger partial charge in [0.25, 0.3) is 5.91 Å². The number of aromatic nitrogens is 2. The lowest BCUT2D eigenvalue weighted by atomic mass is 9.99. The summed E-state index contributed by atoms with van der Waals surface area (Å²) in [7, 11) is 0. The van der Waals surface area contributed by atoms with Crippen molar-refractivity contribution in [1.82, 2.24) is 15.3 Å². The molecule has 4 rings (SSSR count). The predicted molar refractivity (Wildman–Crippen MR) is 106 cm³/mol. The first kappa shape index (κ1) is 16.5. The summed E-state index contributed by atoms with van der Waals surface area (Å²) in [6.07, 6.45) is 3.47. The van der Waals surface area contributed by atoms with E-state index in [2.05, 4.69) is 31.2 Å². The van der Waals surface area contributed by atoms with E-state index in [1.54, 1.807) is 12.4 Å². The Kier molecular flexibility index (Phi) is 4.54. The standard InChI is InChI=1S/C21H16BrN3O/c22-17-6-7-18-16(12-17)13-19(24-18)21(26)25-20(14-4-2-1-3-5-14)15-8-10-23-11-9-15/h1-13,20,24H,(H,25,26). The second-order valence-corrected chi connectivity index (χ2v) is 6.93. The number of rotatable bonds is 4. The van der Waals surface area contributed by atoms with Gasteiger partial charge in [0.1, 0.15) is 5.69 Å².